The zero-order chi connectivity index (χ0) is 10.3. The third kappa shape index (κ3) is 1.62. The Balaban J connectivity index is 2.69. The highest BCUT2D eigenvalue weighted by Gasteiger charge is 2.31. The number of hydrogen-bond donors (Lipinski definition) is 1. The smallest absolute Gasteiger partial charge is 0.336 e. The van der Waals surface area contributed by atoms with Crippen molar-refractivity contribution in [1.29, 1.82) is 0 Å². The third-order valence-electron chi connectivity index (χ3n) is 1.73. The van der Waals surface area contributed by atoms with Crippen molar-refractivity contribution in [1.82, 2.24) is 9.97 Å². The van der Waals surface area contributed by atoms with Gasteiger partial charge in [-0.05, 0) is 28.1 Å². The zero-order valence-corrected chi connectivity index (χ0v) is 9.03. The summed E-state index contributed by atoms with van der Waals surface area (Å²) >= 11 is 8.00. The number of H-pyrrole nitrogens is 1. The Labute approximate surface area is 91.4 Å². The fourth-order valence-corrected chi connectivity index (χ4v) is 1.54. The summed E-state index contributed by atoms with van der Waals surface area (Å²) in [5, 5.41) is 0.349. The van der Waals surface area contributed by atoms with Crippen LogP contribution < -0.4 is 0 Å². The van der Waals surface area contributed by atoms with Gasteiger partial charge in [0, 0.05) is 0 Å². The van der Waals surface area contributed by atoms with Gasteiger partial charge in [-0.3, -0.25) is 0 Å². The Hall–Kier alpha value is -0.680. The Bertz CT molecular complexity index is 478. The molecule has 0 radical (unpaired) electrons. The van der Waals surface area contributed by atoms with Crippen molar-refractivity contribution in [3.8, 4) is 0 Å². The number of nitrogens with one attached hydrogen (secondary N) is 1. The van der Waals surface area contributed by atoms with Crippen LogP contribution >= 0.6 is 27.5 Å². The van der Waals surface area contributed by atoms with E-state index >= 15 is 0 Å². The molecule has 0 unspecified atom stereocenters. The highest BCUT2D eigenvalue weighted by molar-refractivity contribution is 9.09. The van der Waals surface area contributed by atoms with E-state index in [0.29, 0.717) is 16.1 Å². The highest BCUT2D eigenvalue weighted by atomic mass is 79.9. The van der Waals surface area contributed by atoms with Gasteiger partial charge in [-0.1, -0.05) is 17.7 Å². The van der Waals surface area contributed by atoms with Crippen LogP contribution in [0.15, 0.2) is 18.2 Å². The molecule has 0 aliphatic carbocycles. The minimum Gasteiger partial charge on any atom is -0.336 e. The predicted molar refractivity (Wildman–Crippen MR) is 53.9 cm³/mol. The van der Waals surface area contributed by atoms with Crippen LogP contribution in [0, 0.1) is 0 Å². The van der Waals surface area contributed by atoms with E-state index in [1.807, 2.05) is 0 Å². The van der Waals surface area contributed by atoms with Crippen LogP contribution in [0.5, 0.6) is 0 Å². The highest BCUT2D eigenvalue weighted by Crippen LogP contribution is 2.34. The first kappa shape index (κ1) is 9.86. The van der Waals surface area contributed by atoms with Crippen molar-refractivity contribution in [2.24, 2.45) is 0 Å². The molecule has 1 aromatic carbocycles. The van der Waals surface area contributed by atoms with Gasteiger partial charge in [0.05, 0.1) is 10.5 Å². The molecule has 0 saturated heterocycles. The van der Waals surface area contributed by atoms with Gasteiger partial charge in [0.25, 0.3) is 0 Å². The lowest BCUT2D eigenvalue weighted by Crippen LogP contribution is -2.04. The number of aromatic nitrogens is 2. The molecule has 0 spiro atoms. The summed E-state index contributed by atoms with van der Waals surface area (Å²) in [6.07, 6.45) is 0. The maximum Gasteiger partial charge on any atom is 0.358 e. The summed E-state index contributed by atoms with van der Waals surface area (Å²) in [6.45, 7) is 0. The number of rotatable bonds is 1. The number of fused-ring (bicyclic) bond motifs is 1. The van der Waals surface area contributed by atoms with E-state index in [9.17, 15) is 8.78 Å². The first-order valence-electron chi connectivity index (χ1n) is 3.70. The van der Waals surface area contributed by atoms with E-state index in [2.05, 4.69) is 25.9 Å². The second-order valence-electron chi connectivity index (χ2n) is 2.72. The van der Waals surface area contributed by atoms with Gasteiger partial charge < -0.3 is 4.98 Å². The Morgan fingerprint density at radius 3 is 2.71 bits per heavy atom. The average molecular weight is 281 g/mol. The van der Waals surface area contributed by atoms with Crippen LogP contribution in [0.3, 0.4) is 0 Å². The fraction of sp³-hybridized carbons (Fsp3) is 0.125. The van der Waals surface area contributed by atoms with Gasteiger partial charge in [-0.2, -0.15) is 8.78 Å². The molecule has 1 heterocycles. The topological polar surface area (TPSA) is 28.7 Å². The fourth-order valence-electron chi connectivity index (χ4n) is 1.13. The van der Waals surface area contributed by atoms with Crippen LogP contribution in [0.25, 0.3) is 11.0 Å². The molecule has 0 amide bonds. The van der Waals surface area contributed by atoms with Crippen LogP contribution in [-0.4, -0.2) is 9.97 Å². The van der Waals surface area contributed by atoms with E-state index in [-0.39, 0.29) is 0 Å². The van der Waals surface area contributed by atoms with Crippen LogP contribution in [-0.2, 0) is 4.83 Å². The molecule has 0 saturated carbocycles. The number of nitrogens with zero attached hydrogens (tertiary/aromatic N) is 1. The molecule has 0 fully saturated rings. The summed E-state index contributed by atoms with van der Waals surface area (Å²) in [5.41, 5.74) is 0.843. The summed E-state index contributed by atoms with van der Waals surface area (Å²) in [7, 11) is 0. The molecular formula is C8H4BrClF2N2. The first-order valence-corrected chi connectivity index (χ1v) is 4.87. The van der Waals surface area contributed by atoms with E-state index in [4.69, 9.17) is 11.6 Å². The largest absolute Gasteiger partial charge is 0.358 e. The summed E-state index contributed by atoms with van der Waals surface area (Å²) in [4.78, 5) is 3.03. The SMILES string of the molecule is FC(F)(Br)c1nc2c(Cl)cccc2[nH]1. The third-order valence-corrected chi connectivity index (χ3v) is 2.41. The standard InChI is InChI=1S/C8H4BrClF2N2/c9-8(11,12)7-13-5-3-1-2-4(10)6(5)14-7/h1-3H,(H,13,14). The molecule has 0 atom stereocenters. The number of aromatic amines is 1. The molecule has 14 heavy (non-hydrogen) atoms. The van der Waals surface area contributed by atoms with Crippen LogP contribution in [0.2, 0.25) is 5.02 Å². The first-order chi connectivity index (χ1) is 6.48. The average Bonchev–Trinajstić information content (AvgIpc) is 2.48. The van der Waals surface area contributed by atoms with Crippen molar-refractivity contribution in [2.75, 3.05) is 0 Å². The van der Waals surface area contributed by atoms with Gasteiger partial charge in [0.15, 0.2) is 5.82 Å². The normalized spacial score (nSPS) is 12.3. The summed E-state index contributed by atoms with van der Waals surface area (Å²) < 4.78 is 25.6. The van der Waals surface area contributed by atoms with E-state index < -0.39 is 10.7 Å². The predicted octanol–water partition coefficient (Wildman–Crippen LogP) is 3.66. The number of para-hydroxylation sites is 1. The Morgan fingerprint density at radius 2 is 2.14 bits per heavy atom. The number of imidazole rings is 1. The second-order valence-corrected chi connectivity index (χ2v) is 4.12. The minimum atomic E-state index is -3.16. The van der Waals surface area contributed by atoms with Gasteiger partial charge in [-0.15, -0.1) is 0 Å². The maximum atomic E-state index is 12.8. The molecule has 0 aliphatic heterocycles. The van der Waals surface area contributed by atoms with Gasteiger partial charge >= 0.3 is 4.83 Å². The van der Waals surface area contributed by atoms with Gasteiger partial charge in [-0.25, -0.2) is 4.98 Å². The van der Waals surface area contributed by atoms with Crippen molar-refractivity contribution in [3.63, 3.8) is 0 Å². The Morgan fingerprint density at radius 1 is 1.43 bits per heavy atom. The molecule has 1 aromatic heterocycles. The van der Waals surface area contributed by atoms with E-state index in [0.717, 1.165) is 0 Å². The van der Waals surface area contributed by atoms with Gasteiger partial charge in [0.1, 0.15) is 5.52 Å². The summed E-state index contributed by atoms with van der Waals surface area (Å²) in [5.74, 6) is -0.444. The molecule has 0 aliphatic rings. The Kier molecular flexibility index (Phi) is 2.23. The molecule has 0 bridgehead atoms. The van der Waals surface area contributed by atoms with Crippen molar-refractivity contribution in [3.05, 3.63) is 29.0 Å². The zero-order valence-electron chi connectivity index (χ0n) is 6.69. The summed E-state index contributed by atoms with van der Waals surface area (Å²) in [6, 6.07) is 4.90. The molecule has 2 rings (SSSR count). The lowest BCUT2D eigenvalue weighted by atomic mass is 10.3. The maximum absolute atomic E-state index is 12.8. The molecule has 2 aromatic rings. The molecule has 74 valence electrons. The number of hydrogen-bond acceptors (Lipinski definition) is 1. The van der Waals surface area contributed by atoms with Gasteiger partial charge in [0.2, 0.25) is 0 Å². The van der Waals surface area contributed by atoms with Crippen molar-refractivity contribution in [2.45, 2.75) is 4.83 Å². The molecular weight excluding hydrogens is 277 g/mol. The van der Waals surface area contributed by atoms with Crippen molar-refractivity contribution >= 4 is 38.6 Å². The van der Waals surface area contributed by atoms with Crippen LogP contribution in [0.4, 0.5) is 8.78 Å². The quantitative estimate of drug-likeness (QED) is 0.794. The van der Waals surface area contributed by atoms with E-state index in [1.54, 1.807) is 18.2 Å². The second kappa shape index (κ2) is 3.17. The minimum absolute atomic E-state index is 0.349. The van der Waals surface area contributed by atoms with E-state index in [1.165, 1.54) is 0 Å². The molecule has 2 nitrogen and oxygen atoms in total. The monoisotopic (exact) mass is 280 g/mol. The number of halogens is 4. The van der Waals surface area contributed by atoms with Crippen molar-refractivity contribution < 1.29 is 8.78 Å². The lowest BCUT2D eigenvalue weighted by Gasteiger charge is -2.01. The number of alkyl halides is 3. The number of benzene rings is 1. The van der Waals surface area contributed by atoms with Crippen LogP contribution in [0.1, 0.15) is 5.82 Å². The molecule has 1 N–H and O–H groups in total. The molecule has 6 heteroatoms. The lowest BCUT2D eigenvalue weighted by molar-refractivity contribution is 0.105.